The Bertz CT molecular complexity index is 853. The summed E-state index contributed by atoms with van der Waals surface area (Å²) in [4.78, 5) is 16.3. The van der Waals surface area contributed by atoms with Crippen LogP contribution in [0.5, 0.6) is 0 Å². The van der Waals surface area contributed by atoms with E-state index >= 15 is 0 Å². The first-order valence-corrected chi connectivity index (χ1v) is 9.35. The summed E-state index contributed by atoms with van der Waals surface area (Å²) in [6.45, 7) is 7.50. The van der Waals surface area contributed by atoms with Crippen molar-refractivity contribution in [3.63, 3.8) is 0 Å². The van der Waals surface area contributed by atoms with Crippen LogP contribution in [0, 0.1) is 6.92 Å². The molecule has 0 bridgehead atoms. The number of methoxy groups -OCH3 is 1. The first-order chi connectivity index (χ1) is 13.2. The van der Waals surface area contributed by atoms with Crippen molar-refractivity contribution in [2.75, 3.05) is 13.7 Å². The molecule has 0 aliphatic carbocycles. The Kier molecular flexibility index (Phi) is 8.00. The predicted octanol–water partition coefficient (Wildman–Crippen LogP) is 2.99. The summed E-state index contributed by atoms with van der Waals surface area (Å²) in [5.74, 6) is 0.0100. The lowest BCUT2D eigenvalue weighted by Crippen LogP contribution is -2.28. The largest absolute Gasteiger partial charge is 0.378 e. The summed E-state index contributed by atoms with van der Waals surface area (Å²) in [5, 5.41) is 11.2. The molecule has 3 aromatic rings. The number of rotatable bonds is 8. The Balaban J connectivity index is 0.00000126. The molecule has 0 atom stereocenters. The van der Waals surface area contributed by atoms with Gasteiger partial charge < -0.3 is 14.6 Å². The number of aryl methyl sites for hydroxylation is 2. The van der Waals surface area contributed by atoms with Crippen molar-refractivity contribution in [2.24, 2.45) is 0 Å². The van der Waals surface area contributed by atoms with E-state index < -0.39 is 0 Å². The third kappa shape index (κ3) is 5.65. The molecule has 0 saturated heterocycles. The number of pyridine rings is 1. The molecule has 0 aromatic carbocycles. The van der Waals surface area contributed by atoms with Gasteiger partial charge in [-0.15, -0.1) is 0 Å². The third-order valence-corrected chi connectivity index (χ3v) is 4.11. The smallest absolute Gasteiger partial charge is 0.239 e. The standard InChI is InChI=1S/C18H23N5O2.C2H6/c1-13-10-23(17-5-7-19-9-16(13)17)11-18(24)20-6-3-4-14-8-15(12-25-2)22-21-14;1-2/h5,7-10H,3-4,6,11-12H2,1-2H3,(H,20,24)(H,21,22);1-2H3. The molecule has 0 aliphatic heterocycles. The molecule has 3 aromatic heterocycles. The minimum Gasteiger partial charge on any atom is -0.378 e. The third-order valence-electron chi connectivity index (χ3n) is 4.11. The van der Waals surface area contributed by atoms with Crippen molar-refractivity contribution in [1.82, 2.24) is 25.1 Å². The van der Waals surface area contributed by atoms with Crippen LogP contribution in [0.4, 0.5) is 0 Å². The monoisotopic (exact) mass is 371 g/mol. The fourth-order valence-corrected chi connectivity index (χ4v) is 2.92. The second-order valence-electron chi connectivity index (χ2n) is 6.10. The van der Waals surface area contributed by atoms with Crippen LogP contribution in [0.25, 0.3) is 10.9 Å². The number of nitrogens with zero attached hydrogens (tertiary/aromatic N) is 3. The number of aromatic nitrogens is 4. The van der Waals surface area contributed by atoms with Crippen LogP contribution in [0.3, 0.4) is 0 Å². The van der Waals surface area contributed by atoms with Gasteiger partial charge in [0.1, 0.15) is 6.54 Å². The van der Waals surface area contributed by atoms with Gasteiger partial charge in [0.2, 0.25) is 5.91 Å². The number of amides is 1. The molecule has 0 spiro atoms. The average molecular weight is 371 g/mol. The minimum absolute atomic E-state index is 0.0100. The zero-order valence-corrected chi connectivity index (χ0v) is 16.6. The lowest BCUT2D eigenvalue weighted by Gasteiger charge is -2.07. The van der Waals surface area contributed by atoms with Gasteiger partial charge in [0.15, 0.2) is 0 Å². The summed E-state index contributed by atoms with van der Waals surface area (Å²) >= 11 is 0. The van der Waals surface area contributed by atoms with Crippen LogP contribution in [0.2, 0.25) is 0 Å². The van der Waals surface area contributed by atoms with Gasteiger partial charge in [-0.2, -0.15) is 5.10 Å². The van der Waals surface area contributed by atoms with Gasteiger partial charge in [0, 0.05) is 37.6 Å². The van der Waals surface area contributed by atoms with Crippen LogP contribution < -0.4 is 5.32 Å². The van der Waals surface area contributed by atoms with Gasteiger partial charge in [-0.25, -0.2) is 0 Å². The quantitative estimate of drug-likeness (QED) is 0.596. The first kappa shape index (κ1) is 20.6. The van der Waals surface area contributed by atoms with Crippen LogP contribution in [-0.2, 0) is 29.1 Å². The summed E-state index contributed by atoms with van der Waals surface area (Å²) in [5.41, 5.74) is 4.11. The number of nitrogens with one attached hydrogen (secondary N) is 2. The maximum Gasteiger partial charge on any atom is 0.239 e. The maximum absolute atomic E-state index is 12.2. The maximum atomic E-state index is 12.2. The van der Waals surface area contributed by atoms with E-state index in [1.165, 1.54) is 0 Å². The minimum atomic E-state index is 0.0100. The van der Waals surface area contributed by atoms with Crippen molar-refractivity contribution in [2.45, 2.75) is 46.8 Å². The van der Waals surface area contributed by atoms with Gasteiger partial charge in [0.25, 0.3) is 0 Å². The molecule has 7 nitrogen and oxygen atoms in total. The molecule has 1 amide bonds. The zero-order chi connectivity index (χ0) is 19.6. The van der Waals surface area contributed by atoms with Crippen molar-refractivity contribution in [1.29, 1.82) is 0 Å². The Morgan fingerprint density at radius 3 is 2.96 bits per heavy atom. The topological polar surface area (TPSA) is 84.8 Å². The van der Waals surface area contributed by atoms with E-state index in [0.717, 1.165) is 40.7 Å². The van der Waals surface area contributed by atoms with Gasteiger partial charge in [0.05, 0.1) is 23.5 Å². The molecule has 0 fully saturated rings. The Hall–Kier alpha value is -2.67. The molecule has 0 saturated carbocycles. The predicted molar refractivity (Wildman–Crippen MR) is 106 cm³/mol. The van der Waals surface area contributed by atoms with Crippen molar-refractivity contribution in [3.8, 4) is 0 Å². The van der Waals surface area contributed by atoms with Gasteiger partial charge in [-0.05, 0) is 37.5 Å². The second kappa shape index (κ2) is 10.5. The fourth-order valence-electron chi connectivity index (χ4n) is 2.92. The number of ether oxygens (including phenoxy) is 1. The highest BCUT2D eigenvalue weighted by molar-refractivity contribution is 5.85. The van der Waals surface area contributed by atoms with E-state index in [2.05, 4.69) is 20.5 Å². The highest BCUT2D eigenvalue weighted by Gasteiger charge is 2.09. The molecular formula is C20H29N5O2. The van der Waals surface area contributed by atoms with Crippen molar-refractivity contribution >= 4 is 16.8 Å². The number of H-pyrrole nitrogens is 1. The molecule has 0 radical (unpaired) electrons. The lowest BCUT2D eigenvalue weighted by atomic mass is 10.2. The Morgan fingerprint density at radius 1 is 1.37 bits per heavy atom. The molecule has 27 heavy (non-hydrogen) atoms. The Labute approximate surface area is 160 Å². The van der Waals surface area contributed by atoms with Crippen molar-refractivity contribution < 1.29 is 9.53 Å². The SMILES string of the molecule is CC.COCc1cc(CCCNC(=O)Cn2cc(C)c3cnccc32)n[nH]1. The van der Waals surface area contributed by atoms with E-state index in [0.29, 0.717) is 19.7 Å². The molecule has 146 valence electrons. The van der Waals surface area contributed by atoms with Gasteiger partial charge >= 0.3 is 0 Å². The summed E-state index contributed by atoms with van der Waals surface area (Å²) in [6.07, 6.45) is 7.24. The lowest BCUT2D eigenvalue weighted by molar-refractivity contribution is -0.121. The summed E-state index contributed by atoms with van der Waals surface area (Å²) in [6, 6.07) is 3.93. The number of carbonyl (C=O) groups excluding carboxylic acids is 1. The molecule has 0 unspecified atom stereocenters. The number of carbonyl (C=O) groups is 1. The fraction of sp³-hybridized carbons (Fsp3) is 0.450. The number of hydrogen-bond acceptors (Lipinski definition) is 4. The second-order valence-corrected chi connectivity index (χ2v) is 6.10. The van der Waals surface area contributed by atoms with Gasteiger partial charge in [-0.1, -0.05) is 13.8 Å². The molecule has 7 heteroatoms. The number of fused-ring (bicyclic) bond motifs is 1. The zero-order valence-electron chi connectivity index (χ0n) is 16.6. The normalized spacial score (nSPS) is 10.5. The number of aromatic amines is 1. The highest BCUT2D eigenvalue weighted by atomic mass is 16.5. The van der Waals surface area contributed by atoms with E-state index in [1.54, 1.807) is 13.3 Å². The van der Waals surface area contributed by atoms with Crippen LogP contribution in [-0.4, -0.2) is 39.3 Å². The van der Waals surface area contributed by atoms with E-state index in [1.807, 2.05) is 49.9 Å². The molecule has 3 rings (SSSR count). The molecule has 2 N–H and O–H groups in total. The molecular weight excluding hydrogens is 342 g/mol. The van der Waals surface area contributed by atoms with E-state index in [9.17, 15) is 4.79 Å². The van der Waals surface area contributed by atoms with Crippen LogP contribution >= 0.6 is 0 Å². The Morgan fingerprint density at radius 2 is 2.19 bits per heavy atom. The molecule has 3 heterocycles. The molecule has 0 aliphatic rings. The van der Waals surface area contributed by atoms with Gasteiger partial charge in [-0.3, -0.25) is 14.9 Å². The highest BCUT2D eigenvalue weighted by Crippen LogP contribution is 2.18. The summed E-state index contributed by atoms with van der Waals surface area (Å²) in [7, 11) is 1.65. The van der Waals surface area contributed by atoms with Crippen LogP contribution in [0.1, 0.15) is 37.2 Å². The van der Waals surface area contributed by atoms with Crippen molar-refractivity contribution in [3.05, 3.63) is 47.7 Å². The first-order valence-electron chi connectivity index (χ1n) is 9.35. The summed E-state index contributed by atoms with van der Waals surface area (Å²) < 4.78 is 7.02. The van der Waals surface area contributed by atoms with E-state index in [-0.39, 0.29) is 5.91 Å². The van der Waals surface area contributed by atoms with E-state index in [4.69, 9.17) is 4.74 Å². The number of hydrogen-bond donors (Lipinski definition) is 2. The van der Waals surface area contributed by atoms with Crippen LogP contribution in [0.15, 0.2) is 30.7 Å². The average Bonchev–Trinajstić information content (AvgIpc) is 3.26.